The summed E-state index contributed by atoms with van der Waals surface area (Å²) in [5, 5.41) is 35.8. The van der Waals surface area contributed by atoms with Gasteiger partial charge in [0.05, 0.1) is 28.9 Å². The van der Waals surface area contributed by atoms with E-state index >= 15 is 0 Å². The second kappa shape index (κ2) is 23.8. The molecule has 15 nitrogen and oxygen atoms in total. The Labute approximate surface area is 374 Å². The molecule has 1 unspecified atom stereocenters. The number of benzene rings is 2. The Morgan fingerprint density at radius 1 is 1.03 bits per heavy atom. The smallest absolute Gasteiger partial charge is 0.274 e. The van der Waals surface area contributed by atoms with Crippen LogP contribution in [0.15, 0.2) is 53.7 Å². The molecule has 1 amide bonds. The summed E-state index contributed by atoms with van der Waals surface area (Å²) in [6, 6.07) is 13.1. The molecular formula is C47H63F2N11O4. The average Bonchev–Trinajstić information content (AvgIpc) is 3.72. The van der Waals surface area contributed by atoms with Crippen molar-refractivity contribution in [2.24, 2.45) is 4.99 Å². The number of carbonyl (C=O) groups is 3. The highest BCUT2D eigenvalue weighted by molar-refractivity contribution is 6.05. The first-order chi connectivity index (χ1) is 30.8. The van der Waals surface area contributed by atoms with Gasteiger partial charge in [-0.05, 0) is 103 Å². The minimum absolute atomic E-state index is 0.000134. The Hall–Kier alpha value is -5.80. The number of piperidine rings is 1. The number of hydrogen-bond acceptors (Lipinski definition) is 13. The van der Waals surface area contributed by atoms with Crippen LogP contribution in [-0.2, 0) is 15.2 Å². The molecule has 2 aromatic heterocycles. The number of hydrogen-bond donors (Lipinski definition) is 6. The molecule has 7 N–H and O–H groups in total. The number of rotatable bonds is 13. The third kappa shape index (κ3) is 13.4. The number of nitrogens with one attached hydrogen (secondary N) is 4. The van der Waals surface area contributed by atoms with Crippen molar-refractivity contribution in [1.29, 1.82) is 5.26 Å². The number of carbonyl (C=O) groups excluding carboxylic acids is 3. The summed E-state index contributed by atoms with van der Waals surface area (Å²) in [5.74, 6) is -1.66. The lowest BCUT2D eigenvalue weighted by molar-refractivity contribution is -0.109. The number of fused-ring (bicyclic) bond motifs is 1. The number of aliphatic imine (C=N–C) groups is 1. The summed E-state index contributed by atoms with van der Waals surface area (Å²) in [7, 11) is 3.75. The Morgan fingerprint density at radius 2 is 1.70 bits per heavy atom. The topological polar surface area (TPSA) is 206 Å². The van der Waals surface area contributed by atoms with Crippen LogP contribution in [0.3, 0.4) is 0 Å². The Morgan fingerprint density at radius 3 is 2.31 bits per heavy atom. The summed E-state index contributed by atoms with van der Waals surface area (Å²) in [5.41, 5.74) is 8.76. The number of aromatic nitrogens is 2. The third-order valence-electron chi connectivity index (χ3n) is 11.6. The van der Waals surface area contributed by atoms with E-state index in [1.54, 1.807) is 55.3 Å². The van der Waals surface area contributed by atoms with Gasteiger partial charge in [0.2, 0.25) is 0 Å². The van der Waals surface area contributed by atoms with Crippen molar-refractivity contribution < 1.29 is 28.3 Å². The number of halogens is 2. The summed E-state index contributed by atoms with van der Waals surface area (Å²) in [6.07, 6.45) is 12.6. The van der Waals surface area contributed by atoms with E-state index in [4.69, 9.17) is 16.0 Å². The summed E-state index contributed by atoms with van der Waals surface area (Å²) < 4.78 is 30.8. The van der Waals surface area contributed by atoms with Gasteiger partial charge in [-0.3, -0.25) is 14.7 Å². The van der Waals surface area contributed by atoms with Crippen LogP contribution >= 0.6 is 0 Å². The third-order valence-corrected chi connectivity index (χ3v) is 11.6. The molecule has 3 fully saturated rings. The molecule has 7 rings (SSSR count). The van der Waals surface area contributed by atoms with Crippen LogP contribution in [0.2, 0.25) is 0 Å². The number of nitrogens with two attached hydrogens (primary N) is 1. The molecule has 1 aliphatic carbocycles. The highest BCUT2D eigenvalue weighted by atomic mass is 19.1. The van der Waals surface area contributed by atoms with Gasteiger partial charge >= 0.3 is 0 Å². The maximum atomic E-state index is 14.7. The van der Waals surface area contributed by atoms with E-state index in [-0.39, 0.29) is 24.2 Å². The second-order valence-electron chi connectivity index (χ2n) is 16.9. The van der Waals surface area contributed by atoms with E-state index in [1.165, 1.54) is 42.1 Å². The normalized spacial score (nSPS) is 16.8. The van der Waals surface area contributed by atoms with Gasteiger partial charge in [0.25, 0.3) is 5.91 Å². The van der Waals surface area contributed by atoms with Crippen LogP contribution in [0, 0.1) is 23.0 Å². The van der Waals surface area contributed by atoms with Crippen LogP contribution in [0.4, 0.5) is 31.5 Å². The van der Waals surface area contributed by atoms with E-state index < -0.39 is 29.2 Å². The zero-order valence-electron chi connectivity index (χ0n) is 37.4. The van der Waals surface area contributed by atoms with Crippen molar-refractivity contribution in [2.45, 2.75) is 95.4 Å². The maximum absolute atomic E-state index is 14.7. The zero-order chi connectivity index (χ0) is 46.2. The first-order valence-electron chi connectivity index (χ1n) is 22.1. The predicted molar refractivity (Wildman–Crippen MR) is 248 cm³/mol. The summed E-state index contributed by atoms with van der Waals surface area (Å²) in [6.45, 7) is 8.55. The molecule has 17 heteroatoms. The first-order valence-corrected chi connectivity index (χ1v) is 22.1. The molecule has 4 heterocycles. The molecule has 0 bridgehead atoms. The number of amides is 1. The molecule has 2 aromatic carbocycles. The van der Waals surface area contributed by atoms with E-state index in [1.807, 2.05) is 20.2 Å². The Bertz CT molecular complexity index is 2230. The van der Waals surface area contributed by atoms with Crippen LogP contribution in [0.1, 0.15) is 98.8 Å². The van der Waals surface area contributed by atoms with E-state index in [9.17, 15) is 28.3 Å². The molecule has 1 atom stereocenters. The van der Waals surface area contributed by atoms with Crippen molar-refractivity contribution >= 4 is 53.0 Å². The molecule has 1 saturated carbocycles. The summed E-state index contributed by atoms with van der Waals surface area (Å²) in [4.78, 5) is 43.6. The minimum Gasteiger partial charge on any atom is -0.398 e. The van der Waals surface area contributed by atoms with Crippen LogP contribution in [0.25, 0.3) is 5.52 Å². The van der Waals surface area contributed by atoms with Crippen molar-refractivity contribution in [1.82, 2.24) is 25.1 Å². The van der Waals surface area contributed by atoms with Crippen molar-refractivity contribution in [3.05, 3.63) is 82.7 Å². The lowest BCUT2D eigenvalue weighted by Gasteiger charge is -2.41. The molecular weight excluding hydrogens is 821 g/mol. The SMILES string of the molecule is CC(C)(O)c1cc(N)c(C=NC2CCCCC2)cc1NC(=O)c1ccc2cc(C#N)cnn12.CNC.O=CCCC(C=O)Nc1cc(F)c(N2CCC(N3CCNCC3)CC2)c(F)c1. The monoisotopic (exact) mass is 884 g/mol. The second-order valence-corrected chi connectivity index (χ2v) is 16.9. The summed E-state index contributed by atoms with van der Waals surface area (Å²) >= 11 is 0. The van der Waals surface area contributed by atoms with Gasteiger partial charge < -0.3 is 46.6 Å². The zero-order valence-corrected chi connectivity index (χ0v) is 37.4. The molecule has 4 aromatic rings. The van der Waals surface area contributed by atoms with Gasteiger partial charge in [-0.1, -0.05) is 19.3 Å². The standard InChI is InChI=1S/C25H28N6O2.C20H28F2N4O2.C2H7N/c1-25(2,33)20-12-21(27)17(15-28-18-6-4-3-5-7-18)11-22(20)30-24(32)23-9-8-19-10-16(13-26)14-29-31(19)23;21-18-12-16(24-15(14-28)2-1-11-27)13-19(22)20(18)26-7-3-17(4-8-26)25-9-5-23-6-10-25;1-3-2/h8-12,14-15,18,33H,3-7,27H2,1-2H3,(H,30,32);11-15,17,23-24H,1-10H2;3H,1-2H3. The van der Waals surface area contributed by atoms with Gasteiger partial charge in [-0.2, -0.15) is 10.4 Å². The van der Waals surface area contributed by atoms with E-state index in [2.05, 4.69) is 31.3 Å². The van der Waals surface area contributed by atoms with Crippen LogP contribution in [-0.4, -0.2) is 116 Å². The van der Waals surface area contributed by atoms with Crippen molar-refractivity contribution in [3.63, 3.8) is 0 Å². The molecule has 2 aliphatic heterocycles. The quantitative estimate of drug-likeness (QED) is 0.0548. The maximum Gasteiger partial charge on any atom is 0.274 e. The molecule has 0 spiro atoms. The van der Waals surface area contributed by atoms with Gasteiger partial charge in [0, 0.05) is 92.2 Å². The van der Waals surface area contributed by atoms with E-state index in [0.29, 0.717) is 77.0 Å². The van der Waals surface area contributed by atoms with E-state index in [0.717, 1.165) is 51.9 Å². The number of anilines is 4. The van der Waals surface area contributed by atoms with Gasteiger partial charge in [0.15, 0.2) is 11.6 Å². The Balaban J connectivity index is 0.000000230. The first kappa shape index (κ1) is 49.2. The predicted octanol–water partition coefficient (Wildman–Crippen LogP) is 5.65. The number of aliphatic hydroxyl groups is 1. The van der Waals surface area contributed by atoms with Gasteiger partial charge in [0.1, 0.15) is 30.0 Å². The molecule has 3 aliphatic rings. The van der Waals surface area contributed by atoms with Crippen LogP contribution in [0.5, 0.6) is 0 Å². The number of nitrogen functional groups attached to an aromatic ring is 1. The fourth-order valence-corrected chi connectivity index (χ4v) is 8.28. The largest absolute Gasteiger partial charge is 0.398 e. The lowest BCUT2D eigenvalue weighted by atomic mass is 9.93. The number of aldehydes is 2. The lowest BCUT2D eigenvalue weighted by Crippen LogP contribution is -2.52. The highest BCUT2D eigenvalue weighted by Crippen LogP contribution is 2.33. The molecule has 2 saturated heterocycles. The fourth-order valence-electron chi connectivity index (χ4n) is 8.28. The van der Waals surface area contributed by atoms with Gasteiger partial charge in [-0.25, -0.2) is 13.3 Å². The highest BCUT2D eigenvalue weighted by Gasteiger charge is 2.29. The number of nitriles is 1. The van der Waals surface area contributed by atoms with Gasteiger partial charge in [-0.15, -0.1) is 0 Å². The fraction of sp³-hybridized carbons (Fsp3) is 0.489. The average molecular weight is 884 g/mol. The Kier molecular flexibility index (Phi) is 18.3. The van der Waals surface area contributed by atoms with Crippen LogP contribution < -0.4 is 31.9 Å². The van der Waals surface area contributed by atoms with Crippen molar-refractivity contribution in [3.8, 4) is 6.07 Å². The molecule has 344 valence electrons. The number of piperazine rings is 1. The molecule has 0 radical (unpaired) electrons. The molecule has 64 heavy (non-hydrogen) atoms. The number of nitrogens with zero attached hydrogens (tertiary/aromatic N) is 6. The minimum atomic E-state index is -1.23. The van der Waals surface area contributed by atoms with Crippen molar-refractivity contribution in [2.75, 3.05) is 74.6 Å².